The van der Waals surface area contributed by atoms with E-state index >= 15 is 0 Å². The summed E-state index contributed by atoms with van der Waals surface area (Å²) >= 11 is 0. The van der Waals surface area contributed by atoms with E-state index in [1.165, 1.54) is 11.1 Å². The van der Waals surface area contributed by atoms with Gasteiger partial charge < -0.3 is 5.32 Å². The molecule has 202 valence electrons. The number of sulfonamides is 1. The number of rotatable bonds is 12. The van der Waals surface area contributed by atoms with Crippen LogP contribution in [0.4, 0.5) is 0 Å². The van der Waals surface area contributed by atoms with Crippen molar-refractivity contribution in [3.63, 3.8) is 0 Å². The van der Waals surface area contributed by atoms with Gasteiger partial charge in [0.1, 0.15) is 0 Å². The van der Waals surface area contributed by atoms with Gasteiger partial charge in [-0.3, -0.25) is 0 Å². The summed E-state index contributed by atoms with van der Waals surface area (Å²) in [5.74, 6) is 0. The summed E-state index contributed by atoms with van der Waals surface area (Å²) in [4.78, 5) is 0.274. The molecule has 0 fully saturated rings. The number of hydrogen-bond acceptors (Lipinski definition) is 3. The molecule has 0 aromatic heterocycles. The van der Waals surface area contributed by atoms with E-state index in [0.29, 0.717) is 0 Å². The van der Waals surface area contributed by atoms with E-state index in [2.05, 4.69) is 41.2 Å². The summed E-state index contributed by atoms with van der Waals surface area (Å²) in [7, 11) is -3.74. The first kappa shape index (κ1) is 29.9. The Bertz CT molecular complexity index is 1300. The Morgan fingerprint density at radius 3 is 1.97 bits per heavy atom. The number of aryl methyl sites for hydroxylation is 1. The molecule has 2 atom stereocenters. The van der Waals surface area contributed by atoms with E-state index < -0.39 is 16.1 Å². The van der Waals surface area contributed by atoms with Gasteiger partial charge >= 0.3 is 0 Å². The van der Waals surface area contributed by atoms with Crippen molar-refractivity contribution >= 4 is 22.4 Å². The summed E-state index contributed by atoms with van der Waals surface area (Å²) in [5.41, 5.74) is 6.00. The summed E-state index contributed by atoms with van der Waals surface area (Å²) < 4.78 is 30.0. The molecular formula is C32H39ClN2O2S. The van der Waals surface area contributed by atoms with Gasteiger partial charge in [-0.15, -0.1) is 12.4 Å². The van der Waals surface area contributed by atoms with Crippen LogP contribution in [0.3, 0.4) is 0 Å². The van der Waals surface area contributed by atoms with Crippen LogP contribution in [0.1, 0.15) is 67.8 Å². The molecule has 6 heteroatoms. The standard InChI is InChI=1S/C32H38N2O2S.ClH/c1-25-19-21-30(22-20-25)37(35,36)34-32(29-17-7-4-8-18-29)31(28-15-5-3-6-16-28)33-23-10-9-13-27-14-11-12-26(2)24-27;/h3-8,12,14-22,31-34H,9-11,13,23-24H2,1-2H3;1H/t31-,32-;/m0./s1. The van der Waals surface area contributed by atoms with Crippen molar-refractivity contribution in [3.8, 4) is 0 Å². The van der Waals surface area contributed by atoms with Crippen LogP contribution in [0, 0.1) is 6.92 Å². The highest BCUT2D eigenvalue weighted by atomic mass is 35.5. The lowest BCUT2D eigenvalue weighted by atomic mass is 9.93. The minimum absolute atomic E-state index is 0. The fourth-order valence-corrected chi connectivity index (χ4v) is 6.12. The average molecular weight is 551 g/mol. The van der Waals surface area contributed by atoms with Crippen molar-refractivity contribution in [2.24, 2.45) is 0 Å². The summed E-state index contributed by atoms with van der Waals surface area (Å²) in [6.07, 6.45) is 10.1. The minimum atomic E-state index is -3.74. The molecule has 4 rings (SSSR count). The van der Waals surface area contributed by atoms with Gasteiger partial charge in [0.2, 0.25) is 10.0 Å². The molecule has 0 spiro atoms. The molecule has 0 heterocycles. The molecule has 0 bridgehead atoms. The van der Waals surface area contributed by atoms with Crippen molar-refractivity contribution in [2.45, 2.75) is 62.9 Å². The van der Waals surface area contributed by atoms with Gasteiger partial charge in [-0.1, -0.05) is 102 Å². The van der Waals surface area contributed by atoms with E-state index in [9.17, 15) is 8.42 Å². The summed E-state index contributed by atoms with van der Waals surface area (Å²) in [6.45, 7) is 4.96. The van der Waals surface area contributed by atoms with Crippen molar-refractivity contribution in [2.75, 3.05) is 6.54 Å². The van der Waals surface area contributed by atoms with Crippen LogP contribution in [0.25, 0.3) is 0 Å². The molecule has 0 unspecified atom stereocenters. The molecule has 0 radical (unpaired) electrons. The quantitative estimate of drug-likeness (QED) is 0.180. The lowest BCUT2D eigenvalue weighted by molar-refractivity contribution is 0.417. The second-order valence-corrected chi connectivity index (χ2v) is 11.7. The lowest BCUT2D eigenvalue weighted by Crippen LogP contribution is -2.39. The monoisotopic (exact) mass is 550 g/mol. The third-order valence-electron chi connectivity index (χ3n) is 6.93. The normalized spacial score (nSPS) is 15.1. The number of unbranched alkanes of at least 4 members (excludes halogenated alkanes) is 1. The van der Waals surface area contributed by atoms with Crippen LogP contribution >= 0.6 is 12.4 Å². The predicted octanol–water partition coefficient (Wildman–Crippen LogP) is 7.60. The first-order valence-corrected chi connectivity index (χ1v) is 14.7. The molecule has 0 saturated carbocycles. The van der Waals surface area contributed by atoms with Crippen LogP contribution in [0.5, 0.6) is 0 Å². The maximum atomic E-state index is 13.5. The number of benzene rings is 3. The number of hydrogen-bond donors (Lipinski definition) is 2. The molecule has 3 aromatic carbocycles. The minimum Gasteiger partial charge on any atom is -0.308 e. The van der Waals surface area contributed by atoms with Gasteiger partial charge in [0.25, 0.3) is 0 Å². The van der Waals surface area contributed by atoms with E-state index in [1.54, 1.807) is 12.1 Å². The maximum absolute atomic E-state index is 13.5. The highest BCUT2D eigenvalue weighted by Gasteiger charge is 2.29. The molecule has 3 aromatic rings. The van der Waals surface area contributed by atoms with Crippen molar-refractivity contribution in [1.29, 1.82) is 0 Å². The van der Waals surface area contributed by atoms with E-state index in [0.717, 1.165) is 55.3 Å². The van der Waals surface area contributed by atoms with Gasteiger partial charge in [-0.25, -0.2) is 13.1 Å². The lowest BCUT2D eigenvalue weighted by Gasteiger charge is -2.30. The zero-order valence-corrected chi connectivity index (χ0v) is 23.9. The summed E-state index contributed by atoms with van der Waals surface area (Å²) in [5, 5.41) is 3.71. The van der Waals surface area contributed by atoms with Gasteiger partial charge in [0.15, 0.2) is 0 Å². The van der Waals surface area contributed by atoms with Gasteiger partial charge in [-0.2, -0.15) is 0 Å². The van der Waals surface area contributed by atoms with E-state index in [1.807, 2.05) is 67.6 Å². The largest absolute Gasteiger partial charge is 0.308 e. The third kappa shape index (κ3) is 8.40. The first-order chi connectivity index (χ1) is 17.9. The van der Waals surface area contributed by atoms with Crippen LogP contribution < -0.4 is 10.0 Å². The zero-order chi connectivity index (χ0) is 26.1. The molecule has 0 amide bonds. The van der Waals surface area contributed by atoms with Crippen LogP contribution in [0.15, 0.2) is 113 Å². The Morgan fingerprint density at radius 1 is 0.763 bits per heavy atom. The zero-order valence-electron chi connectivity index (χ0n) is 22.3. The fraction of sp³-hybridized carbons (Fsp3) is 0.312. The summed E-state index contributed by atoms with van der Waals surface area (Å²) in [6, 6.07) is 26.3. The van der Waals surface area contributed by atoms with Crippen LogP contribution in [-0.4, -0.2) is 15.0 Å². The predicted molar refractivity (Wildman–Crippen MR) is 160 cm³/mol. The van der Waals surface area contributed by atoms with E-state index in [4.69, 9.17) is 0 Å². The van der Waals surface area contributed by atoms with Crippen molar-refractivity contribution in [3.05, 3.63) is 125 Å². The Balaban J connectivity index is 0.00000400. The second-order valence-electron chi connectivity index (χ2n) is 9.95. The molecular weight excluding hydrogens is 512 g/mol. The number of halogens is 1. The highest BCUT2D eigenvalue weighted by Crippen LogP contribution is 2.31. The topological polar surface area (TPSA) is 58.2 Å². The molecule has 0 saturated heterocycles. The van der Waals surface area contributed by atoms with Gasteiger partial charge in [-0.05, 0) is 75.8 Å². The Hall–Kier alpha value is -2.70. The second kappa shape index (κ2) is 14.5. The maximum Gasteiger partial charge on any atom is 0.241 e. The third-order valence-corrected chi connectivity index (χ3v) is 8.39. The molecule has 0 aliphatic heterocycles. The molecule has 1 aliphatic rings. The van der Waals surface area contributed by atoms with Crippen LogP contribution in [0.2, 0.25) is 0 Å². The van der Waals surface area contributed by atoms with E-state index in [-0.39, 0.29) is 23.3 Å². The Labute approximate surface area is 234 Å². The fourth-order valence-electron chi connectivity index (χ4n) is 4.88. The molecule has 2 N–H and O–H groups in total. The molecule has 1 aliphatic carbocycles. The molecule has 38 heavy (non-hydrogen) atoms. The average Bonchev–Trinajstić information content (AvgIpc) is 2.91. The van der Waals surface area contributed by atoms with Crippen LogP contribution in [-0.2, 0) is 10.0 Å². The highest BCUT2D eigenvalue weighted by molar-refractivity contribution is 7.89. The molecule has 4 nitrogen and oxygen atoms in total. The SMILES string of the molecule is CC1=CCC=C(CCCCN[C@@H](c2ccccc2)[C@@H](NS(=O)(=O)c2ccc(C)cc2)c2ccccc2)C1.Cl. The first-order valence-electron chi connectivity index (χ1n) is 13.2. The van der Waals surface area contributed by atoms with Crippen molar-refractivity contribution < 1.29 is 8.42 Å². The van der Waals surface area contributed by atoms with Gasteiger partial charge in [0.05, 0.1) is 17.0 Å². The van der Waals surface area contributed by atoms with Gasteiger partial charge in [0, 0.05) is 0 Å². The number of nitrogens with one attached hydrogen (secondary N) is 2. The Kier molecular flexibility index (Phi) is 11.4. The number of allylic oxidation sites excluding steroid dienone is 4. The smallest absolute Gasteiger partial charge is 0.241 e. The Morgan fingerprint density at radius 2 is 1.37 bits per heavy atom. The van der Waals surface area contributed by atoms with Crippen molar-refractivity contribution in [1.82, 2.24) is 10.0 Å².